The van der Waals surface area contributed by atoms with Gasteiger partial charge in [0.15, 0.2) is 6.04 Å². The number of nitrogens with two attached hydrogens (primary N) is 1. The van der Waals surface area contributed by atoms with E-state index in [9.17, 15) is 4.79 Å². The molecule has 0 radical (unpaired) electrons. The fraction of sp³-hybridized carbons (Fsp3) is 0.259. The molecule has 0 fully saturated rings. The van der Waals surface area contributed by atoms with Gasteiger partial charge in [-0.1, -0.05) is 53.5 Å². The van der Waals surface area contributed by atoms with Crippen LogP contribution in [0.15, 0.2) is 65.0 Å². The highest BCUT2D eigenvalue weighted by Gasteiger charge is 2.46. The van der Waals surface area contributed by atoms with Gasteiger partial charge < -0.3 is 10.3 Å². The lowest BCUT2D eigenvalue weighted by Crippen LogP contribution is -2.54. The summed E-state index contributed by atoms with van der Waals surface area (Å²) in [5, 5.41) is 4.65. The van der Waals surface area contributed by atoms with Crippen molar-refractivity contribution in [3.05, 3.63) is 97.4 Å². The van der Waals surface area contributed by atoms with Gasteiger partial charge in [-0.05, 0) is 59.4 Å². The molecule has 3 N–H and O–H groups in total. The molecule has 1 aromatic heterocycles. The van der Waals surface area contributed by atoms with Crippen LogP contribution in [0.4, 0.5) is 0 Å². The predicted octanol–water partition coefficient (Wildman–Crippen LogP) is 4.19. The lowest BCUT2D eigenvalue weighted by molar-refractivity contribution is -0.533. The van der Waals surface area contributed by atoms with Crippen LogP contribution >= 0.6 is 23.2 Å². The summed E-state index contributed by atoms with van der Waals surface area (Å²) in [5.41, 5.74) is 12.5. The Balaban J connectivity index is 1.74. The molecule has 2 heterocycles. The molecule has 3 aromatic rings. The van der Waals surface area contributed by atoms with Crippen molar-refractivity contribution in [3.8, 4) is 11.1 Å². The normalized spacial score (nSPS) is 19.0. The third-order valence-electron chi connectivity index (χ3n) is 7.17. The summed E-state index contributed by atoms with van der Waals surface area (Å²) in [6, 6.07) is 17.2. The first-order chi connectivity index (χ1) is 16.3. The Morgan fingerprint density at radius 3 is 2.53 bits per heavy atom. The molecule has 0 spiro atoms. The van der Waals surface area contributed by atoms with Gasteiger partial charge in [-0.3, -0.25) is 14.7 Å². The van der Waals surface area contributed by atoms with Crippen molar-refractivity contribution in [3.63, 3.8) is 0 Å². The van der Waals surface area contributed by atoms with Crippen molar-refractivity contribution in [1.82, 2.24) is 9.88 Å². The van der Waals surface area contributed by atoms with Crippen LogP contribution in [0.2, 0.25) is 10.0 Å². The Hall–Kier alpha value is -2.86. The molecule has 7 heteroatoms. The quantitative estimate of drug-likeness (QED) is 0.535. The molecule has 0 amide bonds. The van der Waals surface area contributed by atoms with Gasteiger partial charge in [0.2, 0.25) is 6.34 Å². The summed E-state index contributed by atoms with van der Waals surface area (Å²) in [4.78, 5) is 12.8. The van der Waals surface area contributed by atoms with Gasteiger partial charge in [-0.15, -0.1) is 0 Å². The number of fused-ring (bicyclic) bond motifs is 1. The van der Waals surface area contributed by atoms with Crippen LogP contribution < -0.4 is 16.6 Å². The van der Waals surface area contributed by atoms with E-state index in [1.54, 1.807) is 10.6 Å². The molecule has 2 atom stereocenters. The lowest BCUT2D eigenvalue weighted by atomic mass is 9.72. The first-order valence-electron chi connectivity index (χ1n) is 11.3. The second kappa shape index (κ2) is 8.73. The highest BCUT2D eigenvalue weighted by atomic mass is 35.5. The zero-order valence-corrected chi connectivity index (χ0v) is 20.7. The number of pyridine rings is 1. The first kappa shape index (κ1) is 22.9. The summed E-state index contributed by atoms with van der Waals surface area (Å²) in [6.07, 6.45) is 5.64. The molecular formula is C27H27Cl2N4O+. The molecule has 1 aliphatic heterocycles. The minimum atomic E-state index is -0.753. The number of hydrogen-bond donors (Lipinski definition) is 2. The Bertz CT molecular complexity index is 1390. The second-order valence-electron chi connectivity index (χ2n) is 9.09. The molecule has 5 rings (SSSR count). The number of benzene rings is 2. The van der Waals surface area contributed by atoms with Crippen LogP contribution in [0.25, 0.3) is 17.2 Å². The van der Waals surface area contributed by atoms with Crippen molar-refractivity contribution in [1.29, 1.82) is 0 Å². The number of halogens is 2. The largest absolute Gasteiger partial charge is 0.315 e. The van der Waals surface area contributed by atoms with Crippen molar-refractivity contribution in [2.24, 2.45) is 12.8 Å². The second-order valence-corrected chi connectivity index (χ2v) is 9.96. The van der Waals surface area contributed by atoms with Crippen LogP contribution in [0.3, 0.4) is 0 Å². The smallest absolute Gasteiger partial charge is 0.251 e. The Morgan fingerprint density at radius 2 is 1.85 bits per heavy atom. The summed E-state index contributed by atoms with van der Waals surface area (Å²) in [7, 11) is 3.88. The molecule has 5 nitrogen and oxygen atoms in total. The molecule has 2 aliphatic rings. The van der Waals surface area contributed by atoms with E-state index in [-0.39, 0.29) is 11.6 Å². The van der Waals surface area contributed by atoms with Gasteiger partial charge in [-0.2, -0.15) is 0 Å². The zero-order chi connectivity index (χ0) is 24.0. The molecule has 0 unspecified atom stereocenters. The molecule has 0 saturated heterocycles. The van der Waals surface area contributed by atoms with Crippen molar-refractivity contribution >= 4 is 35.6 Å². The van der Waals surface area contributed by atoms with Gasteiger partial charge in [0.25, 0.3) is 5.56 Å². The maximum atomic E-state index is 12.8. The van der Waals surface area contributed by atoms with Crippen LogP contribution in [0.5, 0.6) is 0 Å². The van der Waals surface area contributed by atoms with Gasteiger partial charge in [0.05, 0.1) is 7.05 Å². The van der Waals surface area contributed by atoms with E-state index < -0.39 is 5.54 Å². The molecule has 0 saturated carbocycles. The van der Waals surface area contributed by atoms with E-state index >= 15 is 0 Å². The van der Waals surface area contributed by atoms with Crippen LogP contribution in [-0.4, -0.2) is 35.1 Å². The molecule has 1 aliphatic carbocycles. The van der Waals surface area contributed by atoms with Gasteiger partial charge in [-0.25, -0.2) is 0 Å². The van der Waals surface area contributed by atoms with Crippen LogP contribution in [-0.2, 0) is 19.0 Å². The number of nitrogens with one attached hydrogen (secondary N) is 1. The Kier molecular flexibility index (Phi) is 5.88. The standard InChI is InChI=1S/C27H26Cl2N4O/c1-32-16-31-15-25(32)27(30,18-6-9-20(28)10-7-18)19-8-11-24-23(13-19)22(14-26(34)33(24)2)17-4-3-5-21(29)12-17/h3-7,9-10,12-14,16,25H,8,11,15,30H2,1-2H3/p+1/t25-,27-/m1/s1. The van der Waals surface area contributed by atoms with Crippen molar-refractivity contribution in [2.45, 2.75) is 24.4 Å². The minimum Gasteiger partial charge on any atom is -0.315 e. The summed E-state index contributed by atoms with van der Waals surface area (Å²) in [5.74, 6) is 0. The molecule has 2 aromatic carbocycles. The van der Waals surface area contributed by atoms with Crippen molar-refractivity contribution in [2.75, 3.05) is 13.6 Å². The van der Waals surface area contributed by atoms with E-state index in [1.807, 2.05) is 69.0 Å². The maximum absolute atomic E-state index is 12.8. The third kappa shape index (κ3) is 3.78. The summed E-state index contributed by atoms with van der Waals surface area (Å²) >= 11 is 12.5. The highest BCUT2D eigenvalue weighted by molar-refractivity contribution is 6.31. The SMILES string of the molecule is Cn1c2c(c(-c3cccc(Cl)c3)cc1=O)C=C([C@](N)(c1ccc(Cl)cc1)[C@H]1CNC=[N+]1C)CC2. The van der Waals surface area contributed by atoms with E-state index in [0.29, 0.717) is 10.0 Å². The maximum Gasteiger partial charge on any atom is 0.251 e. The summed E-state index contributed by atoms with van der Waals surface area (Å²) in [6.45, 7) is 0.730. The lowest BCUT2D eigenvalue weighted by Gasteiger charge is -2.38. The predicted molar refractivity (Wildman–Crippen MR) is 140 cm³/mol. The highest BCUT2D eigenvalue weighted by Crippen LogP contribution is 2.41. The molecule has 34 heavy (non-hydrogen) atoms. The fourth-order valence-corrected chi connectivity index (χ4v) is 5.61. The van der Waals surface area contributed by atoms with E-state index in [4.69, 9.17) is 28.9 Å². The van der Waals surface area contributed by atoms with E-state index in [1.165, 1.54) is 0 Å². The average Bonchev–Trinajstić information content (AvgIpc) is 3.27. The van der Waals surface area contributed by atoms with E-state index in [0.717, 1.165) is 52.9 Å². The number of rotatable bonds is 4. The third-order valence-corrected chi connectivity index (χ3v) is 7.65. The average molecular weight is 494 g/mol. The van der Waals surface area contributed by atoms with Gasteiger partial charge in [0, 0.05) is 34.4 Å². The Morgan fingerprint density at radius 1 is 1.09 bits per heavy atom. The summed E-state index contributed by atoms with van der Waals surface area (Å²) < 4.78 is 3.89. The van der Waals surface area contributed by atoms with Crippen LogP contribution in [0, 0.1) is 0 Å². The fourth-order valence-electron chi connectivity index (χ4n) is 5.29. The molecular weight excluding hydrogens is 467 g/mol. The van der Waals surface area contributed by atoms with Crippen LogP contribution in [0.1, 0.15) is 23.2 Å². The van der Waals surface area contributed by atoms with E-state index in [2.05, 4.69) is 16.0 Å². The van der Waals surface area contributed by atoms with Gasteiger partial charge >= 0.3 is 0 Å². The molecule has 174 valence electrons. The number of hydrogen-bond acceptors (Lipinski definition) is 3. The molecule has 0 bridgehead atoms. The number of aromatic nitrogens is 1. The first-order valence-corrected chi connectivity index (χ1v) is 12.1. The van der Waals surface area contributed by atoms with Gasteiger partial charge in [0.1, 0.15) is 12.1 Å². The number of nitrogens with zero attached hydrogens (tertiary/aromatic N) is 2. The topological polar surface area (TPSA) is 63.1 Å². The number of likely N-dealkylation sites (N-methyl/N-ethyl adjacent to an activating group) is 1. The monoisotopic (exact) mass is 493 g/mol. The zero-order valence-electron chi connectivity index (χ0n) is 19.2. The minimum absolute atomic E-state index is 0.0172. The van der Waals surface area contributed by atoms with Crippen molar-refractivity contribution < 1.29 is 4.58 Å². The Labute approximate surface area is 209 Å².